The first-order valence-corrected chi connectivity index (χ1v) is 5.96. The maximum absolute atomic E-state index is 11.1. The molecule has 1 rings (SSSR count). The highest BCUT2D eigenvalue weighted by Crippen LogP contribution is 2.29. The molecule has 0 heterocycles. The lowest BCUT2D eigenvalue weighted by atomic mass is 10.0. The van der Waals surface area contributed by atoms with Gasteiger partial charge in [-0.25, -0.2) is 0 Å². The third kappa shape index (κ3) is 3.43. The number of hydrogen-bond donors (Lipinski definition) is 1. The molecule has 0 saturated heterocycles. The Morgan fingerprint density at radius 2 is 2.11 bits per heavy atom. The van der Waals surface area contributed by atoms with Gasteiger partial charge in [0.15, 0.2) is 0 Å². The van der Waals surface area contributed by atoms with Gasteiger partial charge in [0.2, 0.25) is 0 Å². The number of para-hydroxylation sites is 1. The molecule has 0 fully saturated rings. The van der Waals surface area contributed by atoms with Crippen molar-refractivity contribution in [3.05, 3.63) is 33.9 Å². The Kier molecular flexibility index (Phi) is 5.09. The quantitative estimate of drug-likeness (QED) is 0.624. The van der Waals surface area contributed by atoms with Gasteiger partial charge in [0.1, 0.15) is 5.69 Å². The van der Waals surface area contributed by atoms with Crippen LogP contribution >= 0.6 is 0 Å². The first-order valence-electron chi connectivity index (χ1n) is 5.96. The van der Waals surface area contributed by atoms with Gasteiger partial charge in [-0.2, -0.15) is 0 Å². The molecule has 5 heteroatoms. The van der Waals surface area contributed by atoms with E-state index in [2.05, 4.69) is 19.2 Å². The minimum Gasteiger partial charge on any atom is -0.383 e. The van der Waals surface area contributed by atoms with Crippen LogP contribution in [0.25, 0.3) is 0 Å². The lowest BCUT2D eigenvalue weighted by molar-refractivity contribution is -0.384. The monoisotopic (exact) mass is 252 g/mol. The zero-order valence-corrected chi connectivity index (χ0v) is 11.3. The van der Waals surface area contributed by atoms with Crippen molar-refractivity contribution < 1.29 is 9.66 Å². The normalized spacial score (nSPS) is 12.5. The zero-order chi connectivity index (χ0) is 13.7. The highest BCUT2D eigenvalue weighted by Gasteiger charge is 2.21. The van der Waals surface area contributed by atoms with Crippen molar-refractivity contribution in [2.24, 2.45) is 5.92 Å². The standard InChI is InChI=1S/C13H20N2O3/c1-9(2)12(8-18-4)14-11-7-5-6-10(3)13(11)15(16)17/h5-7,9,12,14H,8H2,1-4H3. The summed E-state index contributed by atoms with van der Waals surface area (Å²) in [6.07, 6.45) is 0. The molecule has 0 aliphatic rings. The smallest absolute Gasteiger partial charge is 0.295 e. The van der Waals surface area contributed by atoms with Crippen LogP contribution in [-0.4, -0.2) is 24.7 Å². The van der Waals surface area contributed by atoms with E-state index in [9.17, 15) is 10.1 Å². The third-order valence-electron chi connectivity index (χ3n) is 2.91. The fourth-order valence-electron chi connectivity index (χ4n) is 1.80. The molecule has 0 aliphatic heterocycles. The molecule has 5 nitrogen and oxygen atoms in total. The number of benzene rings is 1. The summed E-state index contributed by atoms with van der Waals surface area (Å²) >= 11 is 0. The summed E-state index contributed by atoms with van der Waals surface area (Å²) in [6, 6.07) is 5.34. The second kappa shape index (κ2) is 6.35. The maximum atomic E-state index is 11.1. The predicted molar refractivity (Wildman–Crippen MR) is 72.0 cm³/mol. The Hall–Kier alpha value is -1.62. The summed E-state index contributed by atoms with van der Waals surface area (Å²) < 4.78 is 5.14. The highest BCUT2D eigenvalue weighted by molar-refractivity contribution is 5.65. The average Bonchev–Trinajstić information content (AvgIpc) is 2.27. The SMILES string of the molecule is COCC(Nc1cccc(C)c1[N+](=O)[O-])C(C)C. The Morgan fingerprint density at radius 1 is 1.44 bits per heavy atom. The number of rotatable bonds is 6. The Balaban J connectivity index is 3.02. The highest BCUT2D eigenvalue weighted by atomic mass is 16.6. The van der Waals surface area contributed by atoms with E-state index < -0.39 is 0 Å². The molecule has 1 unspecified atom stereocenters. The van der Waals surface area contributed by atoms with Crippen LogP contribution < -0.4 is 5.32 Å². The van der Waals surface area contributed by atoms with Crippen molar-refractivity contribution in [3.63, 3.8) is 0 Å². The molecule has 1 aromatic carbocycles. The molecule has 0 saturated carbocycles. The number of aryl methyl sites for hydroxylation is 1. The summed E-state index contributed by atoms with van der Waals surface area (Å²) in [5.41, 5.74) is 1.35. The average molecular weight is 252 g/mol. The number of anilines is 1. The van der Waals surface area contributed by atoms with Crippen molar-refractivity contribution in [1.82, 2.24) is 0 Å². The predicted octanol–water partition coefficient (Wildman–Crippen LogP) is 2.99. The van der Waals surface area contributed by atoms with Crippen molar-refractivity contribution in [3.8, 4) is 0 Å². The molecular weight excluding hydrogens is 232 g/mol. The van der Waals surface area contributed by atoms with Gasteiger partial charge in [-0.3, -0.25) is 10.1 Å². The maximum Gasteiger partial charge on any atom is 0.295 e. The number of nitrogens with zero attached hydrogens (tertiary/aromatic N) is 1. The lowest BCUT2D eigenvalue weighted by Gasteiger charge is -2.22. The number of ether oxygens (including phenoxy) is 1. The topological polar surface area (TPSA) is 64.4 Å². The molecular formula is C13H20N2O3. The summed E-state index contributed by atoms with van der Waals surface area (Å²) in [6.45, 7) is 6.36. The number of nitrogens with one attached hydrogen (secondary N) is 1. The van der Waals surface area contributed by atoms with Crippen LogP contribution in [0.3, 0.4) is 0 Å². The van der Waals surface area contributed by atoms with Crippen LogP contribution in [0.2, 0.25) is 0 Å². The fourth-order valence-corrected chi connectivity index (χ4v) is 1.80. The van der Waals surface area contributed by atoms with E-state index in [1.54, 1.807) is 26.2 Å². The zero-order valence-electron chi connectivity index (χ0n) is 11.3. The number of methoxy groups -OCH3 is 1. The fraction of sp³-hybridized carbons (Fsp3) is 0.538. The van der Waals surface area contributed by atoms with Gasteiger partial charge >= 0.3 is 0 Å². The molecule has 0 spiro atoms. The van der Waals surface area contributed by atoms with Crippen LogP contribution in [0.15, 0.2) is 18.2 Å². The van der Waals surface area contributed by atoms with Crippen LogP contribution in [0.1, 0.15) is 19.4 Å². The summed E-state index contributed by atoms with van der Waals surface area (Å²) in [7, 11) is 1.63. The molecule has 18 heavy (non-hydrogen) atoms. The Labute approximate surface area is 107 Å². The van der Waals surface area contributed by atoms with Crippen LogP contribution in [0.5, 0.6) is 0 Å². The minimum absolute atomic E-state index is 0.0514. The van der Waals surface area contributed by atoms with Crippen molar-refractivity contribution in [1.29, 1.82) is 0 Å². The lowest BCUT2D eigenvalue weighted by Crippen LogP contribution is -2.30. The van der Waals surface area contributed by atoms with E-state index in [0.717, 1.165) is 0 Å². The van der Waals surface area contributed by atoms with Crippen LogP contribution in [-0.2, 0) is 4.74 Å². The molecule has 1 N–H and O–H groups in total. The molecule has 0 radical (unpaired) electrons. The summed E-state index contributed by atoms with van der Waals surface area (Å²) in [5.74, 6) is 0.324. The Morgan fingerprint density at radius 3 is 2.61 bits per heavy atom. The Bertz CT molecular complexity index is 419. The van der Waals surface area contributed by atoms with Crippen LogP contribution in [0.4, 0.5) is 11.4 Å². The largest absolute Gasteiger partial charge is 0.383 e. The van der Waals surface area contributed by atoms with E-state index in [-0.39, 0.29) is 16.7 Å². The van der Waals surface area contributed by atoms with E-state index in [1.807, 2.05) is 6.07 Å². The van der Waals surface area contributed by atoms with E-state index >= 15 is 0 Å². The first-order chi connectivity index (χ1) is 8.47. The molecule has 1 atom stereocenters. The number of nitro groups is 1. The van der Waals surface area contributed by atoms with E-state index in [4.69, 9.17) is 4.74 Å². The molecule has 0 aliphatic carbocycles. The first kappa shape index (κ1) is 14.4. The number of nitro benzene ring substituents is 1. The van der Waals surface area contributed by atoms with Crippen molar-refractivity contribution >= 4 is 11.4 Å². The number of hydrogen-bond acceptors (Lipinski definition) is 4. The van der Waals surface area contributed by atoms with E-state index in [1.165, 1.54) is 0 Å². The minimum atomic E-state index is -0.345. The van der Waals surface area contributed by atoms with E-state index in [0.29, 0.717) is 23.8 Å². The summed E-state index contributed by atoms with van der Waals surface area (Å²) in [5, 5.41) is 14.3. The van der Waals surface area contributed by atoms with Crippen LogP contribution in [0, 0.1) is 23.0 Å². The second-order valence-electron chi connectivity index (χ2n) is 4.68. The molecule has 1 aromatic rings. The van der Waals surface area contributed by atoms with Crippen molar-refractivity contribution in [2.75, 3.05) is 19.0 Å². The van der Waals surface area contributed by atoms with Gasteiger partial charge in [-0.1, -0.05) is 26.0 Å². The van der Waals surface area contributed by atoms with Gasteiger partial charge in [-0.05, 0) is 18.9 Å². The van der Waals surface area contributed by atoms with Crippen molar-refractivity contribution in [2.45, 2.75) is 26.8 Å². The molecule has 100 valence electrons. The molecule has 0 amide bonds. The second-order valence-corrected chi connectivity index (χ2v) is 4.68. The summed E-state index contributed by atoms with van der Waals surface area (Å²) in [4.78, 5) is 10.7. The molecule has 0 aromatic heterocycles. The third-order valence-corrected chi connectivity index (χ3v) is 2.91. The van der Waals surface area contributed by atoms with Gasteiger partial charge < -0.3 is 10.1 Å². The van der Waals surface area contributed by atoms with Gasteiger partial charge in [0.25, 0.3) is 5.69 Å². The van der Waals surface area contributed by atoms with Gasteiger partial charge in [-0.15, -0.1) is 0 Å². The van der Waals surface area contributed by atoms with Gasteiger partial charge in [0.05, 0.1) is 17.6 Å². The van der Waals surface area contributed by atoms with Gasteiger partial charge in [0, 0.05) is 12.7 Å². The molecule has 0 bridgehead atoms.